The Hall–Kier alpha value is -3.24. The summed E-state index contributed by atoms with van der Waals surface area (Å²) >= 11 is 0. The van der Waals surface area contributed by atoms with E-state index in [1.54, 1.807) is 24.3 Å². The molecular formula is C25H31N5O4S. The SMILES string of the molecule is NC(=O)C1CCCN1Cc1ccccc1NC(=O)CCCCCN=C1NS(=O)(=O)c2ccccc21. The summed E-state index contributed by atoms with van der Waals surface area (Å²) in [5.41, 5.74) is 7.85. The van der Waals surface area contributed by atoms with Crippen molar-refractivity contribution in [1.29, 1.82) is 0 Å². The summed E-state index contributed by atoms with van der Waals surface area (Å²) in [6, 6.07) is 14.2. The van der Waals surface area contributed by atoms with E-state index < -0.39 is 10.0 Å². The van der Waals surface area contributed by atoms with Crippen LogP contribution in [0.15, 0.2) is 58.4 Å². The fraction of sp³-hybridized carbons (Fsp3) is 0.400. The quantitative estimate of drug-likeness (QED) is 0.433. The van der Waals surface area contributed by atoms with Gasteiger partial charge in [0.1, 0.15) is 5.84 Å². The average molecular weight is 498 g/mol. The third-order valence-corrected chi connectivity index (χ3v) is 7.75. The summed E-state index contributed by atoms with van der Waals surface area (Å²) in [5.74, 6) is 0.0179. The largest absolute Gasteiger partial charge is 0.368 e. The summed E-state index contributed by atoms with van der Waals surface area (Å²) < 4.78 is 26.8. The molecule has 4 rings (SSSR count). The topological polar surface area (TPSA) is 134 Å². The third kappa shape index (κ3) is 6.07. The van der Waals surface area contributed by atoms with Crippen LogP contribution in [0, 0.1) is 0 Å². The van der Waals surface area contributed by atoms with Crippen LogP contribution in [0.3, 0.4) is 0 Å². The standard InChI is InChI=1S/C25H31N5O4S/c26-24(32)21-12-8-16-30(21)17-18-9-3-5-11-20(18)28-23(31)14-2-1-7-15-27-25-19-10-4-6-13-22(19)35(33,34)29-25/h3-6,9-11,13,21H,1-2,7-8,12,14-17H2,(H2,26,32)(H,27,29)(H,28,31). The molecule has 0 saturated carbocycles. The lowest BCUT2D eigenvalue weighted by Crippen LogP contribution is -2.39. The minimum Gasteiger partial charge on any atom is -0.368 e. The van der Waals surface area contributed by atoms with Crippen molar-refractivity contribution < 1.29 is 18.0 Å². The molecule has 0 radical (unpaired) electrons. The number of rotatable bonds is 10. The van der Waals surface area contributed by atoms with Gasteiger partial charge in [-0.2, -0.15) is 0 Å². The van der Waals surface area contributed by atoms with Crippen LogP contribution in [0.4, 0.5) is 5.69 Å². The Morgan fingerprint density at radius 3 is 2.69 bits per heavy atom. The van der Waals surface area contributed by atoms with Crippen LogP contribution in [0.5, 0.6) is 0 Å². The molecule has 4 N–H and O–H groups in total. The number of likely N-dealkylation sites (tertiary alicyclic amines) is 1. The normalized spacial score (nSPS) is 19.9. The highest BCUT2D eigenvalue weighted by Crippen LogP contribution is 2.24. The zero-order valence-electron chi connectivity index (χ0n) is 19.6. The molecule has 0 aliphatic carbocycles. The van der Waals surface area contributed by atoms with Gasteiger partial charge in [0.15, 0.2) is 0 Å². The van der Waals surface area contributed by atoms with Crippen LogP contribution >= 0.6 is 0 Å². The van der Waals surface area contributed by atoms with Gasteiger partial charge >= 0.3 is 0 Å². The molecule has 35 heavy (non-hydrogen) atoms. The maximum atomic E-state index is 12.5. The molecule has 1 unspecified atom stereocenters. The number of para-hydroxylation sites is 1. The van der Waals surface area contributed by atoms with E-state index in [0.717, 1.165) is 43.5 Å². The van der Waals surface area contributed by atoms with Crippen molar-refractivity contribution in [1.82, 2.24) is 9.62 Å². The number of fused-ring (bicyclic) bond motifs is 1. The van der Waals surface area contributed by atoms with Crippen LogP contribution in [-0.2, 0) is 26.2 Å². The maximum absolute atomic E-state index is 12.5. The first-order valence-corrected chi connectivity index (χ1v) is 13.4. The van der Waals surface area contributed by atoms with Crippen LogP contribution < -0.4 is 15.8 Å². The summed E-state index contributed by atoms with van der Waals surface area (Å²) in [6.45, 7) is 1.86. The highest BCUT2D eigenvalue weighted by molar-refractivity contribution is 7.90. The van der Waals surface area contributed by atoms with Gasteiger partial charge in [-0.1, -0.05) is 36.8 Å². The summed E-state index contributed by atoms with van der Waals surface area (Å²) in [4.78, 5) is 30.9. The van der Waals surface area contributed by atoms with Crippen molar-refractivity contribution in [3.05, 3.63) is 59.7 Å². The molecule has 2 heterocycles. The highest BCUT2D eigenvalue weighted by atomic mass is 32.2. The molecule has 186 valence electrons. The van der Waals surface area contributed by atoms with Gasteiger partial charge in [0.25, 0.3) is 10.0 Å². The fourth-order valence-electron chi connectivity index (χ4n) is 4.57. The zero-order valence-corrected chi connectivity index (χ0v) is 20.4. The van der Waals surface area contributed by atoms with E-state index in [9.17, 15) is 18.0 Å². The molecule has 1 atom stereocenters. The van der Waals surface area contributed by atoms with Gasteiger partial charge in [0.2, 0.25) is 11.8 Å². The first kappa shape index (κ1) is 24.9. The van der Waals surface area contributed by atoms with Gasteiger partial charge in [-0.3, -0.25) is 24.2 Å². The molecule has 0 spiro atoms. The Morgan fingerprint density at radius 2 is 1.86 bits per heavy atom. The molecular weight excluding hydrogens is 466 g/mol. The van der Waals surface area contributed by atoms with E-state index in [2.05, 4.69) is 19.9 Å². The Morgan fingerprint density at radius 1 is 1.09 bits per heavy atom. The zero-order chi connectivity index (χ0) is 24.8. The van der Waals surface area contributed by atoms with E-state index in [-0.39, 0.29) is 22.8 Å². The Kier molecular flexibility index (Phi) is 7.82. The average Bonchev–Trinajstić information content (AvgIpc) is 3.40. The van der Waals surface area contributed by atoms with Gasteiger partial charge < -0.3 is 11.1 Å². The van der Waals surface area contributed by atoms with Gasteiger partial charge in [-0.25, -0.2) is 8.42 Å². The smallest absolute Gasteiger partial charge is 0.263 e. The lowest BCUT2D eigenvalue weighted by Gasteiger charge is -2.23. The maximum Gasteiger partial charge on any atom is 0.263 e. The van der Waals surface area contributed by atoms with E-state index in [4.69, 9.17) is 5.73 Å². The lowest BCUT2D eigenvalue weighted by molar-refractivity contribution is -0.122. The number of sulfonamides is 1. The highest BCUT2D eigenvalue weighted by Gasteiger charge is 2.30. The first-order chi connectivity index (χ1) is 16.8. The van der Waals surface area contributed by atoms with E-state index in [1.165, 1.54) is 0 Å². The van der Waals surface area contributed by atoms with Crippen LogP contribution in [0.2, 0.25) is 0 Å². The van der Waals surface area contributed by atoms with Crippen molar-refractivity contribution >= 4 is 33.4 Å². The summed E-state index contributed by atoms with van der Waals surface area (Å²) in [7, 11) is -3.52. The first-order valence-electron chi connectivity index (χ1n) is 11.9. The lowest BCUT2D eigenvalue weighted by atomic mass is 10.1. The Balaban J connectivity index is 1.22. The molecule has 0 aromatic heterocycles. The molecule has 2 amide bonds. The second-order valence-corrected chi connectivity index (χ2v) is 10.5. The number of amides is 2. The third-order valence-electron chi connectivity index (χ3n) is 6.35. The van der Waals surface area contributed by atoms with Crippen molar-refractivity contribution in [3.63, 3.8) is 0 Å². The number of primary amides is 1. The van der Waals surface area contributed by atoms with Crippen LogP contribution in [-0.4, -0.2) is 50.1 Å². The molecule has 10 heteroatoms. The second-order valence-electron chi connectivity index (χ2n) is 8.88. The molecule has 9 nitrogen and oxygen atoms in total. The van der Waals surface area contributed by atoms with Crippen molar-refractivity contribution in [2.24, 2.45) is 10.7 Å². The molecule has 2 aliphatic heterocycles. The fourth-order valence-corrected chi connectivity index (χ4v) is 5.82. The number of nitrogens with two attached hydrogens (primary N) is 1. The monoisotopic (exact) mass is 497 g/mol. The van der Waals surface area contributed by atoms with Gasteiger partial charge in [-0.05, 0) is 56.0 Å². The van der Waals surface area contributed by atoms with Crippen molar-refractivity contribution in [2.45, 2.75) is 56.0 Å². The number of hydrogen-bond acceptors (Lipinski definition) is 6. The minimum atomic E-state index is -3.52. The van der Waals surface area contributed by atoms with Crippen LogP contribution in [0.25, 0.3) is 0 Å². The number of benzene rings is 2. The predicted molar refractivity (Wildman–Crippen MR) is 134 cm³/mol. The molecule has 2 aliphatic rings. The number of nitrogens with one attached hydrogen (secondary N) is 2. The van der Waals surface area contributed by atoms with E-state index >= 15 is 0 Å². The number of unbranched alkanes of at least 4 members (excludes halogenated alkanes) is 2. The molecule has 1 saturated heterocycles. The number of anilines is 1. The predicted octanol–water partition coefficient (Wildman–Crippen LogP) is 2.37. The van der Waals surface area contributed by atoms with Crippen molar-refractivity contribution in [3.8, 4) is 0 Å². The summed E-state index contributed by atoms with van der Waals surface area (Å²) in [5, 5.41) is 3.00. The number of aliphatic imine (C=N–C) groups is 1. The van der Waals surface area contributed by atoms with Gasteiger partial charge in [-0.15, -0.1) is 0 Å². The molecule has 0 bridgehead atoms. The number of nitrogens with zero attached hydrogens (tertiary/aromatic N) is 2. The minimum absolute atomic E-state index is 0.0610. The second kappa shape index (κ2) is 11.0. The molecule has 2 aromatic carbocycles. The number of carbonyl (C=O) groups is 2. The Labute approximate surface area is 205 Å². The number of carbonyl (C=O) groups excluding carboxylic acids is 2. The summed E-state index contributed by atoms with van der Waals surface area (Å²) in [6.07, 6.45) is 4.35. The number of hydrogen-bond donors (Lipinski definition) is 3. The number of amidine groups is 1. The van der Waals surface area contributed by atoms with Gasteiger partial charge in [0, 0.05) is 30.8 Å². The van der Waals surface area contributed by atoms with E-state index in [1.807, 2.05) is 24.3 Å². The molecule has 1 fully saturated rings. The van der Waals surface area contributed by atoms with E-state index in [0.29, 0.717) is 37.3 Å². The van der Waals surface area contributed by atoms with Gasteiger partial charge in [0.05, 0.1) is 10.9 Å². The van der Waals surface area contributed by atoms with Crippen LogP contribution in [0.1, 0.15) is 49.7 Å². The molecule has 2 aromatic rings. The van der Waals surface area contributed by atoms with Crippen molar-refractivity contribution in [2.75, 3.05) is 18.4 Å². The Bertz CT molecular complexity index is 1230.